The van der Waals surface area contributed by atoms with E-state index < -0.39 is 0 Å². The average Bonchev–Trinajstić information content (AvgIpc) is 2.93. The normalized spacial score (nSPS) is 12.4. The molecule has 102 valence electrons. The maximum atomic E-state index is 5.15. The molecule has 0 radical (unpaired) electrons. The SMILES string of the molecule is CCC(C)NCc1ncc(-c2ccc(OC)cc2)[nH]1. The molecule has 0 saturated carbocycles. The zero-order valence-corrected chi connectivity index (χ0v) is 11.7. The van der Waals surface area contributed by atoms with Crippen LogP contribution < -0.4 is 10.1 Å². The van der Waals surface area contributed by atoms with E-state index in [1.54, 1.807) is 7.11 Å². The molecule has 0 aliphatic rings. The van der Waals surface area contributed by atoms with E-state index in [2.05, 4.69) is 29.1 Å². The molecule has 1 aromatic heterocycles. The van der Waals surface area contributed by atoms with Crippen molar-refractivity contribution in [1.82, 2.24) is 15.3 Å². The number of nitrogens with zero attached hydrogens (tertiary/aromatic N) is 1. The van der Waals surface area contributed by atoms with E-state index in [0.29, 0.717) is 6.04 Å². The van der Waals surface area contributed by atoms with Gasteiger partial charge in [0.15, 0.2) is 0 Å². The van der Waals surface area contributed by atoms with Crippen molar-refractivity contribution in [2.75, 3.05) is 7.11 Å². The molecule has 2 N–H and O–H groups in total. The fourth-order valence-corrected chi connectivity index (χ4v) is 1.78. The topological polar surface area (TPSA) is 49.9 Å². The largest absolute Gasteiger partial charge is 0.497 e. The quantitative estimate of drug-likeness (QED) is 0.838. The van der Waals surface area contributed by atoms with Gasteiger partial charge in [0.05, 0.1) is 25.5 Å². The van der Waals surface area contributed by atoms with Crippen molar-refractivity contribution in [3.63, 3.8) is 0 Å². The summed E-state index contributed by atoms with van der Waals surface area (Å²) in [5.41, 5.74) is 2.15. The van der Waals surface area contributed by atoms with Crippen molar-refractivity contribution in [1.29, 1.82) is 0 Å². The van der Waals surface area contributed by atoms with Gasteiger partial charge in [-0.15, -0.1) is 0 Å². The molecule has 4 heteroatoms. The lowest BCUT2D eigenvalue weighted by Gasteiger charge is -2.08. The number of ether oxygens (including phenoxy) is 1. The predicted molar refractivity (Wildman–Crippen MR) is 77.2 cm³/mol. The van der Waals surface area contributed by atoms with Crippen molar-refractivity contribution in [3.05, 3.63) is 36.3 Å². The van der Waals surface area contributed by atoms with Crippen molar-refractivity contribution in [2.45, 2.75) is 32.9 Å². The summed E-state index contributed by atoms with van der Waals surface area (Å²) >= 11 is 0. The van der Waals surface area contributed by atoms with Gasteiger partial charge in [-0.25, -0.2) is 4.98 Å². The maximum Gasteiger partial charge on any atom is 0.120 e. The smallest absolute Gasteiger partial charge is 0.120 e. The van der Waals surface area contributed by atoms with Crippen LogP contribution in [0.2, 0.25) is 0 Å². The van der Waals surface area contributed by atoms with Gasteiger partial charge in [0.2, 0.25) is 0 Å². The van der Waals surface area contributed by atoms with E-state index in [9.17, 15) is 0 Å². The Bertz CT molecular complexity index is 504. The highest BCUT2D eigenvalue weighted by Crippen LogP contribution is 2.20. The highest BCUT2D eigenvalue weighted by molar-refractivity contribution is 5.59. The monoisotopic (exact) mass is 259 g/mol. The Morgan fingerprint density at radius 2 is 2.05 bits per heavy atom. The summed E-state index contributed by atoms with van der Waals surface area (Å²) in [7, 11) is 1.67. The van der Waals surface area contributed by atoms with Gasteiger partial charge in [-0.2, -0.15) is 0 Å². The third-order valence-corrected chi connectivity index (χ3v) is 3.26. The number of benzene rings is 1. The van der Waals surface area contributed by atoms with Crippen molar-refractivity contribution < 1.29 is 4.74 Å². The first kappa shape index (κ1) is 13.6. The van der Waals surface area contributed by atoms with Gasteiger partial charge in [0.1, 0.15) is 11.6 Å². The number of H-pyrrole nitrogens is 1. The standard InChI is InChI=1S/C15H21N3O/c1-4-11(2)16-10-15-17-9-14(18-15)12-5-7-13(19-3)8-6-12/h5-9,11,16H,4,10H2,1-3H3,(H,17,18). The van der Waals surface area contributed by atoms with E-state index in [1.165, 1.54) is 0 Å². The van der Waals surface area contributed by atoms with Gasteiger partial charge in [-0.1, -0.05) is 6.92 Å². The van der Waals surface area contributed by atoms with E-state index in [-0.39, 0.29) is 0 Å². The minimum Gasteiger partial charge on any atom is -0.497 e. The Hall–Kier alpha value is -1.81. The highest BCUT2D eigenvalue weighted by atomic mass is 16.5. The zero-order valence-electron chi connectivity index (χ0n) is 11.7. The Kier molecular flexibility index (Phi) is 4.58. The summed E-state index contributed by atoms with van der Waals surface area (Å²) in [4.78, 5) is 7.72. The second-order valence-corrected chi connectivity index (χ2v) is 4.66. The number of hydrogen-bond donors (Lipinski definition) is 2. The molecule has 19 heavy (non-hydrogen) atoms. The van der Waals surface area contributed by atoms with Gasteiger partial charge < -0.3 is 15.0 Å². The van der Waals surface area contributed by atoms with E-state index >= 15 is 0 Å². The third kappa shape index (κ3) is 3.58. The molecular formula is C15H21N3O. The number of nitrogens with one attached hydrogen (secondary N) is 2. The van der Waals surface area contributed by atoms with Crippen LogP contribution in [0.3, 0.4) is 0 Å². The second kappa shape index (κ2) is 6.38. The molecule has 0 spiro atoms. The molecular weight excluding hydrogens is 238 g/mol. The molecule has 1 aromatic carbocycles. The van der Waals surface area contributed by atoms with Crippen LogP contribution in [0.4, 0.5) is 0 Å². The van der Waals surface area contributed by atoms with Gasteiger partial charge in [-0.3, -0.25) is 0 Å². The van der Waals surface area contributed by atoms with Crippen LogP contribution in [-0.2, 0) is 6.54 Å². The summed E-state index contributed by atoms with van der Waals surface area (Å²) in [6.07, 6.45) is 2.99. The number of imidazole rings is 1. The molecule has 1 heterocycles. The minimum absolute atomic E-state index is 0.509. The van der Waals surface area contributed by atoms with Crippen LogP contribution in [0.5, 0.6) is 5.75 Å². The van der Waals surface area contributed by atoms with E-state index in [0.717, 1.165) is 35.8 Å². The molecule has 0 bridgehead atoms. The number of hydrogen-bond acceptors (Lipinski definition) is 3. The number of methoxy groups -OCH3 is 1. The summed E-state index contributed by atoms with van der Waals surface area (Å²) in [6, 6.07) is 8.46. The van der Waals surface area contributed by atoms with Gasteiger partial charge in [0.25, 0.3) is 0 Å². The van der Waals surface area contributed by atoms with Crippen LogP contribution in [0.1, 0.15) is 26.1 Å². The lowest BCUT2D eigenvalue weighted by atomic mass is 10.2. The van der Waals surface area contributed by atoms with Gasteiger partial charge in [-0.05, 0) is 43.2 Å². The fourth-order valence-electron chi connectivity index (χ4n) is 1.78. The van der Waals surface area contributed by atoms with Crippen molar-refractivity contribution in [2.24, 2.45) is 0 Å². The first-order chi connectivity index (χ1) is 9.22. The molecule has 0 saturated heterocycles. The first-order valence-electron chi connectivity index (χ1n) is 6.64. The molecule has 0 aliphatic carbocycles. The van der Waals surface area contributed by atoms with Crippen LogP contribution in [0, 0.1) is 0 Å². The van der Waals surface area contributed by atoms with Crippen LogP contribution in [0.15, 0.2) is 30.5 Å². The number of aromatic nitrogens is 2. The molecule has 4 nitrogen and oxygen atoms in total. The Labute approximate surface area is 114 Å². The Morgan fingerprint density at radius 1 is 1.32 bits per heavy atom. The van der Waals surface area contributed by atoms with Crippen LogP contribution >= 0.6 is 0 Å². The summed E-state index contributed by atoms with van der Waals surface area (Å²) in [5.74, 6) is 1.83. The van der Waals surface area contributed by atoms with Crippen molar-refractivity contribution >= 4 is 0 Å². The predicted octanol–water partition coefficient (Wildman–Crippen LogP) is 2.97. The average molecular weight is 259 g/mol. The second-order valence-electron chi connectivity index (χ2n) is 4.66. The van der Waals surface area contributed by atoms with E-state index in [4.69, 9.17) is 4.74 Å². The lowest BCUT2D eigenvalue weighted by molar-refractivity contribution is 0.415. The van der Waals surface area contributed by atoms with Crippen LogP contribution in [-0.4, -0.2) is 23.1 Å². The number of aromatic amines is 1. The van der Waals surface area contributed by atoms with Crippen LogP contribution in [0.25, 0.3) is 11.3 Å². The Balaban J connectivity index is 2.03. The molecule has 0 amide bonds. The maximum absolute atomic E-state index is 5.15. The summed E-state index contributed by atoms with van der Waals surface area (Å²) in [6.45, 7) is 5.11. The fraction of sp³-hybridized carbons (Fsp3) is 0.400. The van der Waals surface area contributed by atoms with Gasteiger partial charge in [0, 0.05) is 6.04 Å². The number of rotatable bonds is 6. The van der Waals surface area contributed by atoms with Gasteiger partial charge >= 0.3 is 0 Å². The molecule has 1 atom stereocenters. The molecule has 2 aromatic rings. The Morgan fingerprint density at radius 3 is 2.68 bits per heavy atom. The summed E-state index contributed by atoms with van der Waals surface area (Å²) < 4.78 is 5.15. The molecule has 0 fully saturated rings. The highest BCUT2D eigenvalue weighted by Gasteiger charge is 2.04. The van der Waals surface area contributed by atoms with E-state index in [1.807, 2.05) is 30.5 Å². The molecule has 1 unspecified atom stereocenters. The minimum atomic E-state index is 0.509. The zero-order chi connectivity index (χ0) is 13.7. The first-order valence-corrected chi connectivity index (χ1v) is 6.64. The van der Waals surface area contributed by atoms with Crippen molar-refractivity contribution in [3.8, 4) is 17.0 Å². The lowest BCUT2D eigenvalue weighted by Crippen LogP contribution is -2.24. The summed E-state index contributed by atoms with van der Waals surface area (Å²) in [5, 5.41) is 3.42. The molecule has 0 aliphatic heterocycles. The molecule has 2 rings (SSSR count). The third-order valence-electron chi connectivity index (χ3n) is 3.26.